The summed E-state index contributed by atoms with van der Waals surface area (Å²) in [5.74, 6) is 1.27. The Morgan fingerprint density at radius 1 is 0.654 bits per heavy atom. The van der Waals surface area contributed by atoms with Crippen molar-refractivity contribution in [3.05, 3.63) is 47.5 Å². The maximum Gasteiger partial charge on any atom is 0.136 e. The Morgan fingerprint density at radius 3 is 1.54 bits per heavy atom. The fraction of sp³-hybridized carbons (Fsp3) is 0.500. The van der Waals surface area contributed by atoms with Crippen molar-refractivity contribution in [3.63, 3.8) is 0 Å². The van der Waals surface area contributed by atoms with Crippen molar-refractivity contribution in [1.29, 1.82) is 0 Å². The minimum Gasteiger partial charge on any atom is -0.299 e. The Labute approximate surface area is 156 Å². The van der Waals surface area contributed by atoms with Gasteiger partial charge in [0.1, 0.15) is 11.6 Å². The van der Waals surface area contributed by atoms with Gasteiger partial charge in [-0.1, -0.05) is 49.2 Å². The normalized spacial score (nSPS) is 24.2. The number of carbonyl (C=O) groups is 2. The van der Waals surface area contributed by atoms with Crippen LogP contribution in [0.2, 0.25) is 0 Å². The molecule has 2 saturated carbocycles. The molecule has 0 aliphatic heterocycles. The van der Waals surface area contributed by atoms with Crippen molar-refractivity contribution >= 4 is 22.3 Å². The van der Waals surface area contributed by atoms with Crippen molar-refractivity contribution in [3.8, 4) is 0 Å². The molecule has 0 bridgehead atoms. The van der Waals surface area contributed by atoms with Gasteiger partial charge in [-0.05, 0) is 60.4 Å². The third kappa shape index (κ3) is 3.60. The summed E-state index contributed by atoms with van der Waals surface area (Å²) in [5.41, 5.74) is 2.58. The zero-order chi connectivity index (χ0) is 17.9. The second kappa shape index (κ2) is 7.73. The number of ketones is 2. The Kier molecular flexibility index (Phi) is 5.19. The van der Waals surface area contributed by atoms with E-state index in [1.54, 1.807) is 0 Å². The monoisotopic (exact) mass is 348 g/mol. The highest BCUT2D eigenvalue weighted by atomic mass is 16.1. The van der Waals surface area contributed by atoms with E-state index >= 15 is 0 Å². The summed E-state index contributed by atoms with van der Waals surface area (Å²) in [7, 11) is 0. The molecule has 26 heavy (non-hydrogen) atoms. The molecular formula is C24H28O2. The van der Waals surface area contributed by atoms with Gasteiger partial charge in [0.2, 0.25) is 0 Å². The molecule has 0 amide bonds. The fourth-order valence-electron chi connectivity index (χ4n) is 4.85. The third-order valence-electron chi connectivity index (χ3n) is 6.40. The Bertz CT molecular complexity index is 752. The van der Waals surface area contributed by atoms with Gasteiger partial charge in [-0.25, -0.2) is 0 Å². The molecule has 2 aromatic carbocycles. The number of hydrogen-bond donors (Lipinski definition) is 0. The van der Waals surface area contributed by atoms with Gasteiger partial charge < -0.3 is 0 Å². The van der Waals surface area contributed by atoms with Crippen molar-refractivity contribution in [2.24, 2.45) is 11.8 Å². The first-order chi connectivity index (χ1) is 12.7. The number of benzene rings is 2. The molecule has 136 valence electrons. The molecule has 0 aromatic heterocycles. The number of carbonyl (C=O) groups excluding carboxylic acids is 2. The van der Waals surface area contributed by atoms with Crippen LogP contribution in [-0.4, -0.2) is 11.6 Å². The molecule has 2 nitrogen and oxygen atoms in total. The second-order valence-electron chi connectivity index (χ2n) is 8.16. The van der Waals surface area contributed by atoms with Gasteiger partial charge in [0.05, 0.1) is 0 Å². The summed E-state index contributed by atoms with van der Waals surface area (Å²) in [6.45, 7) is 0. The quantitative estimate of drug-likeness (QED) is 0.737. The first-order valence-electron chi connectivity index (χ1n) is 10.3. The van der Waals surface area contributed by atoms with Crippen LogP contribution >= 0.6 is 0 Å². The summed E-state index contributed by atoms with van der Waals surface area (Å²) in [6, 6.07) is 13.0. The summed E-state index contributed by atoms with van der Waals surface area (Å²) in [5, 5.41) is 2.54. The summed E-state index contributed by atoms with van der Waals surface area (Å²) in [4.78, 5) is 24.5. The molecule has 2 heteroatoms. The van der Waals surface area contributed by atoms with Crippen LogP contribution < -0.4 is 0 Å². The van der Waals surface area contributed by atoms with Gasteiger partial charge in [0, 0.05) is 24.7 Å². The molecule has 2 aliphatic carbocycles. The fourth-order valence-corrected chi connectivity index (χ4v) is 4.85. The van der Waals surface area contributed by atoms with E-state index in [1.807, 2.05) is 0 Å². The third-order valence-corrected chi connectivity index (χ3v) is 6.40. The van der Waals surface area contributed by atoms with Crippen LogP contribution in [0.25, 0.3) is 10.8 Å². The smallest absolute Gasteiger partial charge is 0.136 e. The first kappa shape index (κ1) is 17.5. The minimum absolute atomic E-state index is 0.193. The molecule has 0 saturated heterocycles. The van der Waals surface area contributed by atoms with Crippen LogP contribution in [0.1, 0.15) is 62.5 Å². The van der Waals surface area contributed by atoms with Crippen molar-refractivity contribution in [1.82, 2.24) is 0 Å². The lowest BCUT2D eigenvalue weighted by Crippen LogP contribution is -2.22. The molecule has 0 N–H and O–H groups in total. The summed E-state index contributed by atoms with van der Waals surface area (Å²) in [6.07, 6.45) is 9.77. The van der Waals surface area contributed by atoms with E-state index in [0.717, 1.165) is 51.4 Å². The van der Waals surface area contributed by atoms with Crippen LogP contribution in [-0.2, 0) is 22.4 Å². The van der Waals surface area contributed by atoms with Crippen LogP contribution in [0.15, 0.2) is 36.4 Å². The van der Waals surface area contributed by atoms with Crippen molar-refractivity contribution < 1.29 is 9.59 Å². The average molecular weight is 348 g/mol. The van der Waals surface area contributed by atoms with Crippen molar-refractivity contribution in [2.75, 3.05) is 0 Å². The molecular weight excluding hydrogens is 320 g/mol. The Hall–Kier alpha value is -1.96. The van der Waals surface area contributed by atoms with E-state index in [1.165, 1.54) is 34.7 Å². The van der Waals surface area contributed by atoms with E-state index in [9.17, 15) is 9.59 Å². The standard InChI is InChI=1S/C24H28O2/c25-23-11-5-1-7-19(23)15-17-13-14-18(22-10-4-3-9-21(17)22)16-20-8-2-6-12-24(20)26/h3-4,9-10,13-14,19-20H,1-2,5-8,11-12,15-16H2. The largest absolute Gasteiger partial charge is 0.299 e. The van der Waals surface area contributed by atoms with Crippen LogP contribution in [0.4, 0.5) is 0 Å². The topological polar surface area (TPSA) is 34.1 Å². The first-order valence-corrected chi connectivity index (χ1v) is 10.3. The van der Waals surface area contributed by atoms with Gasteiger partial charge in [-0.3, -0.25) is 9.59 Å². The van der Waals surface area contributed by atoms with Gasteiger partial charge in [-0.15, -0.1) is 0 Å². The zero-order valence-corrected chi connectivity index (χ0v) is 15.5. The predicted molar refractivity (Wildman–Crippen MR) is 105 cm³/mol. The minimum atomic E-state index is 0.193. The molecule has 2 aliphatic rings. The highest BCUT2D eigenvalue weighted by molar-refractivity contribution is 5.90. The van der Waals surface area contributed by atoms with Crippen molar-refractivity contribution in [2.45, 2.75) is 64.2 Å². The van der Waals surface area contributed by atoms with E-state index in [0.29, 0.717) is 11.6 Å². The zero-order valence-electron chi connectivity index (χ0n) is 15.5. The SMILES string of the molecule is O=C1CCCCC1Cc1ccc(CC2CCCCC2=O)c2ccccc12. The highest BCUT2D eigenvalue weighted by Gasteiger charge is 2.25. The predicted octanol–water partition coefficient (Wildman–Crippen LogP) is 5.44. The van der Waals surface area contributed by atoms with Crippen LogP contribution in [0.3, 0.4) is 0 Å². The lowest BCUT2D eigenvalue weighted by molar-refractivity contribution is -0.125. The van der Waals surface area contributed by atoms with Gasteiger partial charge in [0.15, 0.2) is 0 Å². The molecule has 2 fully saturated rings. The van der Waals surface area contributed by atoms with Gasteiger partial charge in [-0.2, -0.15) is 0 Å². The van der Waals surface area contributed by atoms with Crippen LogP contribution in [0, 0.1) is 11.8 Å². The lowest BCUT2D eigenvalue weighted by atomic mass is 9.80. The molecule has 2 atom stereocenters. The Morgan fingerprint density at radius 2 is 1.12 bits per heavy atom. The number of Topliss-reactive ketones (excluding diaryl/α,β-unsaturated/α-hetero) is 2. The summed E-state index contributed by atoms with van der Waals surface area (Å²) < 4.78 is 0. The maximum atomic E-state index is 12.3. The Balaban J connectivity index is 1.62. The summed E-state index contributed by atoms with van der Waals surface area (Å²) >= 11 is 0. The molecule has 0 spiro atoms. The maximum absolute atomic E-state index is 12.3. The molecule has 4 rings (SSSR count). The van der Waals surface area contributed by atoms with Gasteiger partial charge in [0.25, 0.3) is 0 Å². The second-order valence-corrected chi connectivity index (χ2v) is 8.16. The van der Waals surface area contributed by atoms with Crippen LogP contribution in [0.5, 0.6) is 0 Å². The average Bonchev–Trinajstić information content (AvgIpc) is 2.67. The number of hydrogen-bond acceptors (Lipinski definition) is 2. The lowest BCUT2D eigenvalue weighted by Gasteiger charge is -2.23. The molecule has 0 radical (unpaired) electrons. The van der Waals surface area contributed by atoms with Gasteiger partial charge >= 0.3 is 0 Å². The highest BCUT2D eigenvalue weighted by Crippen LogP contribution is 2.32. The van der Waals surface area contributed by atoms with E-state index in [-0.39, 0.29) is 11.8 Å². The molecule has 2 aromatic rings. The molecule has 0 heterocycles. The number of fused-ring (bicyclic) bond motifs is 1. The van der Waals surface area contributed by atoms with E-state index in [4.69, 9.17) is 0 Å². The number of rotatable bonds is 4. The van der Waals surface area contributed by atoms with E-state index < -0.39 is 0 Å². The van der Waals surface area contributed by atoms with E-state index in [2.05, 4.69) is 36.4 Å². The molecule has 2 unspecified atom stereocenters.